The van der Waals surface area contributed by atoms with E-state index >= 15 is 0 Å². The highest BCUT2D eigenvalue weighted by Gasteiger charge is 1.87. The molecule has 1 unspecified atom stereocenters. The van der Waals surface area contributed by atoms with Crippen LogP contribution in [-0.4, -0.2) is 6.03 Å². The monoisotopic (exact) mass is 182 g/mol. The van der Waals surface area contributed by atoms with E-state index in [0.717, 1.165) is 0 Å². The molecule has 0 aromatic heterocycles. The Morgan fingerprint density at radius 2 is 1.17 bits per heavy atom. The van der Waals surface area contributed by atoms with Crippen molar-refractivity contribution in [2.24, 2.45) is 0 Å². The van der Waals surface area contributed by atoms with Crippen molar-refractivity contribution in [2.75, 3.05) is 0 Å². The molecule has 0 saturated carbocycles. The summed E-state index contributed by atoms with van der Waals surface area (Å²) in [5.41, 5.74) is 4.06. The second-order valence-corrected chi connectivity index (χ2v) is 3.07. The largest absolute Gasteiger partial charge is 0.299 e. The topological polar surface area (TPSA) is 17.1 Å². The zero-order chi connectivity index (χ0) is 9.56. The number of hydrogen-bond donors (Lipinski definition) is 0. The van der Waals surface area contributed by atoms with Crippen LogP contribution in [0.4, 0.5) is 0 Å². The molecule has 0 radical (unpaired) electrons. The summed E-state index contributed by atoms with van der Waals surface area (Å²) >= 11 is 0. The van der Waals surface area contributed by atoms with E-state index < -0.39 is 0 Å². The van der Waals surface area contributed by atoms with Crippen LogP contribution in [0.25, 0.3) is 0 Å². The van der Waals surface area contributed by atoms with E-state index in [1.54, 1.807) is 0 Å². The van der Waals surface area contributed by atoms with Crippen LogP contribution in [0.5, 0.6) is 0 Å². The van der Waals surface area contributed by atoms with Crippen molar-refractivity contribution in [3.63, 3.8) is 0 Å². The van der Waals surface area contributed by atoms with Crippen LogP contribution in [0.1, 0.15) is 16.7 Å². The van der Waals surface area contributed by atoms with Crippen LogP contribution in [0.15, 0.2) is 18.2 Å². The summed E-state index contributed by atoms with van der Waals surface area (Å²) < 4.78 is 0. The fourth-order valence-electron chi connectivity index (χ4n) is 1.20. The summed E-state index contributed by atoms with van der Waals surface area (Å²) in [6.45, 7) is 6.38. The minimum atomic E-state index is 0.667. The fourth-order valence-corrected chi connectivity index (χ4v) is 1.20. The minimum Gasteiger partial charge on any atom is -0.299 e. The molecule has 0 fully saturated rings. The first-order valence-electron chi connectivity index (χ1n) is 3.80. The molecule has 1 nitrogen and oxygen atoms in total. The van der Waals surface area contributed by atoms with E-state index in [1.807, 2.05) is 9.24 Å². The Hall–Kier alpha value is -0.680. The molecule has 1 aromatic carbocycles. The Bertz CT molecular complexity index is 206. The Labute approximate surface area is 76.4 Å². The third-order valence-corrected chi connectivity index (χ3v) is 1.37. The number of benzene rings is 1. The zero-order valence-electron chi connectivity index (χ0n) is 7.79. The summed E-state index contributed by atoms with van der Waals surface area (Å²) in [4.78, 5) is 8.77. The van der Waals surface area contributed by atoms with Crippen molar-refractivity contribution < 1.29 is 4.79 Å². The summed E-state index contributed by atoms with van der Waals surface area (Å²) in [6.07, 6.45) is 0. The Morgan fingerprint density at radius 1 is 1.00 bits per heavy atom. The quantitative estimate of drug-likeness (QED) is 0.445. The maximum atomic E-state index is 8.77. The predicted octanol–water partition coefficient (Wildman–Crippen LogP) is 2.66. The van der Waals surface area contributed by atoms with Crippen molar-refractivity contribution in [1.29, 1.82) is 0 Å². The van der Waals surface area contributed by atoms with Crippen molar-refractivity contribution in [3.05, 3.63) is 34.9 Å². The lowest BCUT2D eigenvalue weighted by atomic mass is 10.1. The number of carbonyl (C=O) groups excluding carboxylic acids is 1. The minimum absolute atomic E-state index is 0.667. The standard InChI is InChI=1S/C9H12.CH3OP/c1-7-4-8(2)6-9(3)5-7;2-1-3/h4-6H,1-3H3;1H,3H2. The van der Waals surface area contributed by atoms with Gasteiger partial charge in [-0.3, -0.25) is 4.79 Å². The molecule has 1 rings (SSSR count). The predicted molar refractivity (Wildman–Crippen MR) is 57.1 cm³/mol. The zero-order valence-corrected chi connectivity index (χ0v) is 8.95. The van der Waals surface area contributed by atoms with Crippen molar-refractivity contribution in [3.8, 4) is 0 Å². The van der Waals surface area contributed by atoms with E-state index in [0.29, 0.717) is 6.03 Å². The number of rotatable bonds is 0. The van der Waals surface area contributed by atoms with Gasteiger partial charge in [-0.2, -0.15) is 0 Å². The highest BCUT2D eigenvalue weighted by atomic mass is 31.0. The molecule has 0 spiro atoms. The molecule has 0 bridgehead atoms. The van der Waals surface area contributed by atoms with Crippen LogP contribution in [-0.2, 0) is 4.79 Å². The second kappa shape index (κ2) is 5.91. The van der Waals surface area contributed by atoms with E-state index in [2.05, 4.69) is 39.0 Å². The Kier molecular flexibility index (Phi) is 5.57. The first-order chi connectivity index (χ1) is 5.60. The van der Waals surface area contributed by atoms with Crippen LogP contribution in [0.2, 0.25) is 0 Å². The molecule has 0 aliphatic carbocycles. The summed E-state index contributed by atoms with van der Waals surface area (Å²) in [6, 6.07) is 7.23. The van der Waals surface area contributed by atoms with Gasteiger partial charge in [-0.05, 0) is 20.8 Å². The average molecular weight is 182 g/mol. The SMILES string of the molecule is Cc1cc(C)cc(C)c1.O=CP. The van der Waals surface area contributed by atoms with Gasteiger partial charge in [0.05, 0.1) is 0 Å². The molecular weight excluding hydrogens is 167 g/mol. The van der Waals surface area contributed by atoms with Crippen molar-refractivity contribution in [1.82, 2.24) is 0 Å². The van der Waals surface area contributed by atoms with Gasteiger partial charge in [-0.25, -0.2) is 0 Å². The van der Waals surface area contributed by atoms with Gasteiger partial charge in [0, 0.05) is 0 Å². The molecule has 0 aliphatic heterocycles. The molecular formula is C10H15OP. The maximum absolute atomic E-state index is 8.77. The normalized spacial score (nSPS) is 8.33. The van der Waals surface area contributed by atoms with Gasteiger partial charge in [-0.15, -0.1) is 0 Å². The van der Waals surface area contributed by atoms with Gasteiger partial charge in [0.15, 0.2) is 0 Å². The highest BCUT2D eigenvalue weighted by molar-refractivity contribution is 7.36. The summed E-state index contributed by atoms with van der Waals surface area (Å²) in [5, 5.41) is 0. The smallest absolute Gasteiger partial charge is 0.135 e. The van der Waals surface area contributed by atoms with Crippen LogP contribution in [0, 0.1) is 20.8 Å². The summed E-state index contributed by atoms with van der Waals surface area (Å²) in [5.74, 6) is 0. The number of carbonyl (C=O) groups is 1. The van der Waals surface area contributed by atoms with E-state index in [4.69, 9.17) is 4.79 Å². The molecule has 0 aliphatic rings. The van der Waals surface area contributed by atoms with Gasteiger partial charge >= 0.3 is 0 Å². The first-order valence-corrected chi connectivity index (χ1v) is 4.47. The molecule has 0 N–H and O–H groups in total. The fraction of sp³-hybridized carbons (Fsp3) is 0.300. The molecule has 66 valence electrons. The second-order valence-electron chi connectivity index (χ2n) is 2.80. The van der Waals surface area contributed by atoms with E-state index in [-0.39, 0.29) is 0 Å². The van der Waals surface area contributed by atoms with Crippen LogP contribution in [0.3, 0.4) is 0 Å². The van der Waals surface area contributed by atoms with Gasteiger partial charge in [0.25, 0.3) is 0 Å². The molecule has 0 saturated heterocycles. The third kappa shape index (κ3) is 5.03. The van der Waals surface area contributed by atoms with Crippen LogP contribution < -0.4 is 0 Å². The van der Waals surface area contributed by atoms with Crippen molar-refractivity contribution in [2.45, 2.75) is 20.8 Å². The lowest BCUT2D eigenvalue weighted by molar-refractivity contribution is 0.570. The van der Waals surface area contributed by atoms with Gasteiger partial charge < -0.3 is 0 Å². The lowest BCUT2D eigenvalue weighted by Crippen LogP contribution is -1.78. The van der Waals surface area contributed by atoms with Crippen LogP contribution >= 0.6 is 9.24 Å². The van der Waals surface area contributed by atoms with E-state index in [9.17, 15) is 0 Å². The first kappa shape index (κ1) is 11.3. The summed E-state index contributed by atoms with van der Waals surface area (Å²) in [7, 11) is 1.90. The highest BCUT2D eigenvalue weighted by Crippen LogP contribution is 2.06. The molecule has 0 heterocycles. The molecule has 1 atom stereocenters. The third-order valence-electron chi connectivity index (χ3n) is 1.37. The molecule has 1 aromatic rings. The van der Waals surface area contributed by atoms with Gasteiger partial charge in [-0.1, -0.05) is 44.1 Å². The molecule has 12 heavy (non-hydrogen) atoms. The van der Waals surface area contributed by atoms with Crippen molar-refractivity contribution >= 4 is 15.3 Å². The average Bonchev–Trinajstić information content (AvgIpc) is 1.84. The van der Waals surface area contributed by atoms with Gasteiger partial charge in [0.1, 0.15) is 6.03 Å². The molecule has 0 amide bonds. The Balaban J connectivity index is 0.000000354. The van der Waals surface area contributed by atoms with Gasteiger partial charge in [0.2, 0.25) is 0 Å². The molecule has 2 heteroatoms. The van der Waals surface area contributed by atoms with E-state index in [1.165, 1.54) is 16.7 Å². The lowest BCUT2D eigenvalue weighted by Gasteiger charge is -1.96. The maximum Gasteiger partial charge on any atom is 0.135 e. The Morgan fingerprint density at radius 3 is 1.33 bits per heavy atom. The number of hydrogen-bond acceptors (Lipinski definition) is 1. The number of aryl methyl sites for hydroxylation is 3.